The van der Waals surface area contributed by atoms with Crippen LogP contribution in [0.1, 0.15) is 11.1 Å². The quantitative estimate of drug-likeness (QED) is 0.892. The summed E-state index contributed by atoms with van der Waals surface area (Å²) in [4.78, 5) is 11.7. The summed E-state index contributed by atoms with van der Waals surface area (Å²) in [5, 5.41) is 4.06. The van der Waals surface area contributed by atoms with E-state index in [0.29, 0.717) is 19.7 Å². The lowest BCUT2D eigenvalue weighted by molar-refractivity contribution is 0.186. The molecule has 5 heteroatoms. The Kier molecular flexibility index (Phi) is 5.42. The van der Waals surface area contributed by atoms with Gasteiger partial charge in [0.25, 0.3) is 5.56 Å². The van der Waals surface area contributed by atoms with Crippen molar-refractivity contribution in [3.8, 4) is 0 Å². The van der Waals surface area contributed by atoms with Gasteiger partial charge < -0.3 is 14.6 Å². The minimum atomic E-state index is -0.0275. The van der Waals surface area contributed by atoms with Gasteiger partial charge in [0.05, 0.1) is 12.3 Å². The number of benzene rings is 1. The molecule has 2 rings (SSSR count). The van der Waals surface area contributed by atoms with Crippen LogP contribution in [0, 0.1) is 6.92 Å². The zero-order chi connectivity index (χ0) is 15.2. The molecular weight excluding hydrogens is 288 g/mol. The number of hydrogen-bond acceptors (Lipinski definition) is 3. The summed E-state index contributed by atoms with van der Waals surface area (Å²) in [6.45, 7) is 3.78. The van der Waals surface area contributed by atoms with Gasteiger partial charge in [0.15, 0.2) is 0 Å². The Morgan fingerprint density at radius 3 is 2.81 bits per heavy atom. The summed E-state index contributed by atoms with van der Waals surface area (Å²) in [6, 6.07) is 9.18. The summed E-state index contributed by atoms with van der Waals surface area (Å²) in [5.74, 6) is 0. The van der Waals surface area contributed by atoms with Crippen molar-refractivity contribution in [2.24, 2.45) is 0 Å². The second-order valence-electron chi connectivity index (χ2n) is 4.87. The molecule has 0 aliphatic rings. The lowest BCUT2D eigenvalue weighted by Gasteiger charge is -2.11. The fourth-order valence-corrected chi connectivity index (χ4v) is 2.28. The van der Waals surface area contributed by atoms with Gasteiger partial charge in [-0.15, -0.1) is 0 Å². The summed E-state index contributed by atoms with van der Waals surface area (Å²) < 4.78 is 6.64. The van der Waals surface area contributed by atoms with Crippen molar-refractivity contribution in [2.45, 2.75) is 20.0 Å². The van der Waals surface area contributed by atoms with Crippen LogP contribution >= 0.6 is 11.6 Å². The van der Waals surface area contributed by atoms with Gasteiger partial charge in [0.1, 0.15) is 0 Å². The van der Waals surface area contributed by atoms with Gasteiger partial charge in [-0.1, -0.05) is 17.7 Å². The van der Waals surface area contributed by atoms with Crippen molar-refractivity contribution in [3.63, 3.8) is 0 Å². The number of anilines is 1. The number of methoxy groups -OCH3 is 1. The zero-order valence-electron chi connectivity index (χ0n) is 12.2. The number of aryl methyl sites for hydroxylation is 1. The van der Waals surface area contributed by atoms with E-state index < -0.39 is 0 Å². The summed E-state index contributed by atoms with van der Waals surface area (Å²) in [7, 11) is 1.62. The van der Waals surface area contributed by atoms with Gasteiger partial charge in [-0.3, -0.25) is 4.79 Å². The molecule has 0 bridgehead atoms. The fourth-order valence-electron chi connectivity index (χ4n) is 2.06. The second-order valence-corrected chi connectivity index (χ2v) is 5.30. The maximum atomic E-state index is 11.7. The Bertz CT molecular complexity index is 668. The van der Waals surface area contributed by atoms with Crippen LogP contribution in [0.25, 0.3) is 0 Å². The van der Waals surface area contributed by atoms with E-state index in [1.807, 2.05) is 31.3 Å². The molecule has 0 saturated heterocycles. The van der Waals surface area contributed by atoms with Crippen molar-refractivity contribution >= 4 is 17.3 Å². The van der Waals surface area contributed by atoms with E-state index in [0.717, 1.165) is 16.3 Å². The molecule has 0 unspecified atom stereocenters. The molecule has 21 heavy (non-hydrogen) atoms. The number of hydrogen-bond donors (Lipinski definition) is 1. The minimum absolute atomic E-state index is 0.0275. The summed E-state index contributed by atoms with van der Waals surface area (Å²) >= 11 is 5.95. The molecule has 0 saturated carbocycles. The smallest absolute Gasteiger partial charge is 0.250 e. The molecule has 112 valence electrons. The van der Waals surface area contributed by atoms with Crippen LogP contribution in [0.3, 0.4) is 0 Å². The Labute approximate surface area is 129 Å². The number of aromatic nitrogens is 1. The number of rotatable bonds is 6. The van der Waals surface area contributed by atoms with E-state index in [-0.39, 0.29) is 5.56 Å². The molecule has 4 nitrogen and oxygen atoms in total. The molecule has 0 aliphatic heterocycles. The van der Waals surface area contributed by atoms with Crippen LogP contribution in [0.15, 0.2) is 41.3 Å². The van der Waals surface area contributed by atoms with Crippen LogP contribution in [-0.4, -0.2) is 18.3 Å². The number of pyridine rings is 1. The summed E-state index contributed by atoms with van der Waals surface area (Å²) in [5.41, 5.74) is 3.19. The molecule has 1 N–H and O–H groups in total. The number of nitrogens with one attached hydrogen (secondary N) is 1. The predicted molar refractivity (Wildman–Crippen MR) is 86.1 cm³/mol. The topological polar surface area (TPSA) is 43.3 Å². The van der Waals surface area contributed by atoms with E-state index in [1.165, 1.54) is 5.56 Å². The van der Waals surface area contributed by atoms with Crippen LogP contribution in [0.4, 0.5) is 5.69 Å². The van der Waals surface area contributed by atoms with Gasteiger partial charge in [-0.05, 0) is 36.2 Å². The first-order valence-corrected chi connectivity index (χ1v) is 7.16. The van der Waals surface area contributed by atoms with Gasteiger partial charge >= 0.3 is 0 Å². The second kappa shape index (κ2) is 7.29. The monoisotopic (exact) mass is 306 g/mol. The molecule has 0 radical (unpaired) electrons. The molecular formula is C16H19ClN2O2. The average molecular weight is 307 g/mol. The molecule has 0 atom stereocenters. The third-order valence-corrected chi connectivity index (χ3v) is 3.54. The Morgan fingerprint density at radius 1 is 1.29 bits per heavy atom. The molecule has 0 spiro atoms. The van der Waals surface area contributed by atoms with Gasteiger partial charge in [0.2, 0.25) is 0 Å². The predicted octanol–water partition coefficient (Wildman–Crippen LogP) is 3.07. The van der Waals surface area contributed by atoms with Gasteiger partial charge in [-0.25, -0.2) is 0 Å². The summed E-state index contributed by atoms with van der Waals surface area (Å²) in [6.07, 6.45) is 1.81. The number of halogens is 1. The normalized spacial score (nSPS) is 10.6. The molecule has 1 aromatic carbocycles. The zero-order valence-corrected chi connectivity index (χ0v) is 13.0. The third kappa shape index (κ3) is 4.34. The Morgan fingerprint density at radius 2 is 2.10 bits per heavy atom. The highest BCUT2D eigenvalue weighted by Gasteiger charge is 2.02. The highest BCUT2D eigenvalue weighted by Crippen LogP contribution is 2.16. The van der Waals surface area contributed by atoms with Crippen molar-refractivity contribution in [2.75, 3.05) is 19.0 Å². The highest BCUT2D eigenvalue weighted by molar-refractivity contribution is 6.30. The van der Waals surface area contributed by atoms with Gasteiger partial charge in [0, 0.05) is 37.5 Å². The maximum Gasteiger partial charge on any atom is 0.250 e. The highest BCUT2D eigenvalue weighted by atomic mass is 35.5. The standard InChI is InChI=1S/C16H19ClN2O2/c1-12-9-14(17)4-3-13(12)10-18-15-5-6-16(20)19(11-15)7-8-21-2/h3-6,9,11,18H,7-8,10H2,1-2H3. The fraction of sp³-hybridized carbons (Fsp3) is 0.312. The van der Waals surface area contributed by atoms with Crippen LogP contribution in [0.2, 0.25) is 5.02 Å². The van der Waals surface area contributed by atoms with Gasteiger partial charge in [-0.2, -0.15) is 0 Å². The number of ether oxygens (including phenoxy) is 1. The molecule has 2 aromatic rings. The van der Waals surface area contributed by atoms with Crippen LogP contribution < -0.4 is 10.9 Å². The average Bonchev–Trinajstić information content (AvgIpc) is 2.46. The molecule has 1 aromatic heterocycles. The maximum absolute atomic E-state index is 11.7. The lowest BCUT2D eigenvalue weighted by Crippen LogP contribution is -2.21. The van der Waals surface area contributed by atoms with Crippen molar-refractivity contribution in [1.82, 2.24) is 4.57 Å². The Balaban J connectivity index is 2.07. The van der Waals surface area contributed by atoms with Crippen LogP contribution in [0.5, 0.6) is 0 Å². The molecule has 1 heterocycles. The number of nitrogens with zero attached hydrogens (tertiary/aromatic N) is 1. The largest absolute Gasteiger partial charge is 0.383 e. The van der Waals surface area contributed by atoms with E-state index in [9.17, 15) is 4.79 Å². The third-order valence-electron chi connectivity index (χ3n) is 3.31. The molecule has 0 aliphatic carbocycles. The van der Waals surface area contributed by atoms with Crippen molar-refractivity contribution in [3.05, 3.63) is 63.0 Å². The minimum Gasteiger partial charge on any atom is -0.383 e. The first-order valence-electron chi connectivity index (χ1n) is 6.78. The first-order chi connectivity index (χ1) is 10.1. The Hall–Kier alpha value is -1.78. The SMILES string of the molecule is COCCn1cc(NCc2ccc(Cl)cc2C)ccc1=O. The molecule has 0 fully saturated rings. The first kappa shape index (κ1) is 15.6. The van der Waals surface area contributed by atoms with E-state index in [1.54, 1.807) is 23.8 Å². The van der Waals surface area contributed by atoms with E-state index >= 15 is 0 Å². The van der Waals surface area contributed by atoms with E-state index in [4.69, 9.17) is 16.3 Å². The lowest BCUT2D eigenvalue weighted by atomic mass is 10.1. The molecule has 0 amide bonds. The van der Waals surface area contributed by atoms with Crippen molar-refractivity contribution in [1.29, 1.82) is 0 Å². The van der Waals surface area contributed by atoms with Crippen LogP contribution in [-0.2, 0) is 17.8 Å². The van der Waals surface area contributed by atoms with Crippen molar-refractivity contribution < 1.29 is 4.74 Å². The van der Waals surface area contributed by atoms with E-state index in [2.05, 4.69) is 5.32 Å².